The van der Waals surface area contributed by atoms with Crippen molar-refractivity contribution >= 4 is 28.5 Å². The van der Waals surface area contributed by atoms with Gasteiger partial charge in [0, 0.05) is 37.4 Å². The zero-order valence-corrected chi connectivity index (χ0v) is 11.9. The predicted octanol–water partition coefficient (Wildman–Crippen LogP) is 2.33. The van der Waals surface area contributed by atoms with Gasteiger partial charge in [-0.2, -0.15) is 0 Å². The lowest BCUT2D eigenvalue weighted by molar-refractivity contribution is -0.117. The maximum atomic E-state index is 12.0. The molecule has 1 unspecified atom stereocenters. The van der Waals surface area contributed by atoms with Crippen molar-refractivity contribution in [2.75, 3.05) is 17.2 Å². The number of rotatable bonds is 3. The number of hydrogen-bond donors (Lipinski definition) is 1. The fourth-order valence-corrected chi connectivity index (χ4v) is 2.97. The molecule has 0 aliphatic carbocycles. The van der Waals surface area contributed by atoms with Crippen LogP contribution in [0.2, 0.25) is 0 Å². The Balaban J connectivity index is 2.09. The van der Waals surface area contributed by atoms with Gasteiger partial charge in [-0.05, 0) is 30.5 Å². The van der Waals surface area contributed by atoms with Gasteiger partial charge in [0.1, 0.15) is 5.75 Å². The van der Waals surface area contributed by atoms with E-state index < -0.39 is 0 Å². The molecule has 1 atom stereocenters. The number of aromatic hydroxyl groups is 1. The van der Waals surface area contributed by atoms with Crippen molar-refractivity contribution in [2.24, 2.45) is 5.92 Å². The highest BCUT2D eigenvalue weighted by Gasteiger charge is 2.31. The van der Waals surface area contributed by atoms with E-state index >= 15 is 0 Å². The average Bonchev–Trinajstić information content (AvgIpc) is 2.66. The number of phenolic OH excluding ortho intramolecular Hbond substituents is 1. The molecular weight excluding hydrogens is 262 g/mol. The summed E-state index contributed by atoms with van der Waals surface area (Å²) < 4.78 is 0. The van der Waals surface area contributed by atoms with Crippen molar-refractivity contribution in [3.63, 3.8) is 0 Å². The van der Waals surface area contributed by atoms with Crippen LogP contribution in [0.15, 0.2) is 18.2 Å². The van der Waals surface area contributed by atoms with Crippen molar-refractivity contribution in [1.29, 1.82) is 0 Å². The molecule has 0 bridgehead atoms. The highest BCUT2D eigenvalue weighted by atomic mass is 32.2. The van der Waals surface area contributed by atoms with Crippen LogP contribution in [0.3, 0.4) is 0 Å². The summed E-state index contributed by atoms with van der Waals surface area (Å²) in [6.45, 7) is 4.03. The van der Waals surface area contributed by atoms with Gasteiger partial charge >= 0.3 is 0 Å². The lowest BCUT2D eigenvalue weighted by atomic mass is 10.1. The van der Waals surface area contributed by atoms with Crippen molar-refractivity contribution in [3.05, 3.63) is 23.8 Å². The van der Waals surface area contributed by atoms with Crippen molar-refractivity contribution in [2.45, 2.75) is 20.3 Å². The minimum absolute atomic E-state index is 0.0548. The van der Waals surface area contributed by atoms with Gasteiger partial charge in [-0.1, -0.05) is 11.8 Å². The molecule has 2 rings (SSSR count). The topological polar surface area (TPSA) is 57.6 Å². The normalized spacial score (nSPS) is 18.9. The lowest BCUT2D eigenvalue weighted by Gasteiger charge is -2.17. The first-order valence-electron chi connectivity index (χ1n) is 6.20. The number of carbonyl (C=O) groups is 2. The number of amides is 1. The third-order valence-electron chi connectivity index (χ3n) is 3.09. The first kappa shape index (κ1) is 13.9. The Morgan fingerprint density at radius 3 is 2.84 bits per heavy atom. The molecule has 1 amide bonds. The minimum Gasteiger partial charge on any atom is -0.508 e. The molecule has 1 fully saturated rings. The van der Waals surface area contributed by atoms with E-state index in [0.717, 1.165) is 11.3 Å². The lowest BCUT2D eigenvalue weighted by Crippen LogP contribution is -2.24. The molecule has 1 aliphatic rings. The highest BCUT2D eigenvalue weighted by molar-refractivity contribution is 8.13. The highest BCUT2D eigenvalue weighted by Crippen LogP contribution is 2.30. The molecule has 1 N–H and O–H groups in total. The monoisotopic (exact) mass is 279 g/mol. The Bertz CT molecular complexity index is 495. The molecule has 4 nitrogen and oxygen atoms in total. The number of nitrogens with zero attached hydrogens (tertiary/aromatic N) is 1. The number of carbonyl (C=O) groups excluding carboxylic acids is 2. The first-order valence-corrected chi connectivity index (χ1v) is 7.18. The van der Waals surface area contributed by atoms with Crippen LogP contribution in [0.1, 0.15) is 18.9 Å². The second kappa shape index (κ2) is 5.65. The number of anilines is 1. The summed E-state index contributed by atoms with van der Waals surface area (Å²) in [5.74, 6) is 1.10. The van der Waals surface area contributed by atoms with Crippen molar-refractivity contribution in [3.8, 4) is 5.75 Å². The first-order chi connectivity index (χ1) is 8.95. The third kappa shape index (κ3) is 3.50. The van der Waals surface area contributed by atoms with Gasteiger partial charge < -0.3 is 10.0 Å². The fourth-order valence-electron chi connectivity index (χ4n) is 2.28. The van der Waals surface area contributed by atoms with Crippen LogP contribution in [-0.4, -0.2) is 28.4 Å². The van der Waals surface area contributed by atoms with Crippen LogP contribution < -0.4 is 4.90 Å². The Morgan fingerprint density at radius 2 is 2.21 bits per heavy atom. The Hall–Kier alpha value is -1.49. The van der Waals surface area contributed by atoms with Crippen LogP contribution in [0.4, 0.5) is 5.69 Å². The van der Waals surface area contributed by atoms with Gasteiger partial charge in [-0.15, -0.1) is 0 Å². The molecule has 19 heavy (non-hydrogen) atoms. The Kier molecular flexibility index (Phi) is 4.14. The van der Waals surface area contributed by atoms with E-state index in [1.54, 1.807) is 17.0 Å². The second-order valence-corrected chi connectivity index (χ2v) is 6.10. The second-order valence-electron chi connectivity index (χ2n) is 4.90. The number of phenols is 1. The molecule has 0 spiro atoms. The van der Waals surface area contributed by atoms with Gasteiger partial charge in [-0.25, -0.2) is 0 Å². The molecule has 1 aromatic carbocycles. The van der Waals surface area contributed by atoms with Gasteiger partial charge in [0.05, 0.1) is 0 Å². The number of hydrogen-bond acceptors (Lipinski definition) is 4. The zero-order valence-electron chi connectivity index (χ0n) is 11.0. The Morgan fingerprint density at radius 1 is 1.47 bits per heavy atom. The molecule has 1 aromatic rings. The largest absolute Gasteiger partial charge is 0.508 e. The van der Waals surface area contributed by atoms with Crippen molar-refractivity contribution in [1.82, 2.24) is 0 Å². The number of aryl methyl sites for hydroxylation is 1. The van der Waals surface area contributed by atoms with Crippen molar-refractivity contribution < 1.29 is 14.7 Å². The summed E-state index contributed by atoms with van der Waals surface area (Å²) in [6, 6.07) is 5.15. The SMILES string of the molecule is CC(=O)SCC1CC(=O)N(c2cc(C)cc(O)c2)C1. The van der Waals surface area contributed by atoms with Crippen LogP contribution in [-0.2, 0) is 9.59 Å². The zero-order chi connectivity index (χ0) is 14.0. The molecule has 0 radical (unpaired) electrons. The molecular formula is C14H17NO3S. The standard InChI is InChI=1S/C14H17NO3S/c1-9-3-12(6-13(17)4-9)15-7-11(5-14(15)18)8-19-10(2)16/h3-4,6,11,17H,5,7-8H2,1-2H3. The quantitative estimate of drug-likeness (QED) is 0.922. The summed E-state index contributed by atoms with van der Waals surface area (Å²) in [5, 5.41) is 9.68. The Labute approximate surface area is 116 Å². The summed E-state index contributed by atoms with van der Waals surface area (Å²) in [5.41, 5.74) is 1.65. The average molecular weight is 279 g/mol. The molecule has 0 aromatic heterocycles. The maximum Gasteiger partial charge on any atom is 0.227 e. The predicted molar refractivity (Wildman–Crippen MR) is 76.4 cm³/mol. The van der Waals surface area contributed by atoms with E-state index in [0.29, 0.717) is 18.7 Å². The summed E-state index contributed by atoms with van der Waals surface area (Å²) in [6.07, 6.45) is 0.467. The van der Waals surface area contributed by atoms with Gasteiger partial charge in [0.15, 0.2) is 5.12 Å². The van der Waals surface area contributed by atoms with E-state index in [1.165, 1.54) is 18.7 Å². The molecule has 1 aliphatic heterocycles. The van der Waals surface area contributed by atoms with Gasteiger partial charge in [0.25, 0.3) is 0 Å². The van der Waals surface area contributed by atoms with Crippen LogP contribution in [0.5, 0.6) is 5.75 Å². The third-order valence-corrected chi connectivity index (χ3v) is 4.13. The van der Waals surface area contributed by atoms with Crippen LogP contribution >= 0.6 is 11.8 Å². The molecule has 102 valence electrons. The molecule has 0 saturated carbocycles. The van der Waals surface area contributed by atoms with E-state index in [-0.39, 0.29) is 22.7 Å². The maximum absolute atomic E-state index is 12.0. The van der Waals surface area contributed by atoms with Gasteiger partial charge in [-0.3, -0.25) is 9.59 Å². The molecule has 1 heterocycles. The van der Waals surface area contributed by atoms with Crippen LogP contribution in [0, 0.1) is 12.8 Å². The van der Waals surface area contributed by atoms with E-state index in [1.807, 2.05) is 13.0 Å². The number of benzene rings is 1. The smallest absolute Gasteiger partial charge is 0.227 e. The molecule has 5 heteroatoms. The van der Waals surface area contributed by atoms with E-state index in [9.17, 15) is 14.7 Å². The summed E-state index contributed by atoms with van der Waals surface area (Å²) in [7, 11) is 0. The van der Waals surface area contributed by atoms with E-state index in [2.05, 4.69) is 0 Å². The number of thioether (sulfide) groups is 1. The van der Waals surface area contributed by atoms with Gasteiger partial charge in [0.2, 0.25) is 5.91 Å². The molecule has 1 saturated heterocycles. The minimum atomic E-state index is 0.0548. The van der Waals surface area contributed by atoms with E-state index in [4.69, 9.17) is 0 Å². The summed E-state index contributed by atoms with van der Waals surface area (Å²) >= 11 is 1.27. The summed E-state index contributed by atoms with van der Waals surface area (Å²) in [4.78, 5) is 24.6. The van der Waals surface area contributed by atoms with Crippen LogP contribution in [0.25, 0.3) is 0 Å². The fraction of sp³-hybridized carbons (Fsp3) is 0.429.